The molecule has 2 aromatic rings. The number of hydrogen-bond acceptors (Lipinski definition) is 4. The molecule has 25 heavy (non-hydrogen) atoms. The minimum atomic E-state index is -4.35. The van der Waals surface area contributed by atoms with E-state index in [0.29, 0.717) is 23.0 Å². The maximum atomic E-state index is 12.7. The van der Waals surface area contributed by atoms with Crippen molar-refractivity contribution in [1.29, 1.82) is 0 Å². The Labute approximate surface area is 144 Å². The maximum absolute atomic E-state index is 12.7. The number of nitrogens with one attached hydrogen (secondary N) is 1. The Morgan fingerprint density at radius 2 is 1.64 bits per heavy atom. The molecule has 4 nitrogen and oxygen atoms in total. The van der Waals surface area contributed by atoms with E-state index in [1.807, 2.05) is 0 Å². The van der Waals surface area contributed by atoms with Crippen LogP contribution in [0.2, 0.25) is 0 Å². The van der Waals surface area contributed by atoms with Crippen LogP contribution < -0.4 is 11.1 Å². The lowest BCUT2D eigenvalue weighted by molar-refractivity contribution is -0.137. The van der Waals surface area contributed by atoms with Crippen molar-refractivity contribution in [3.63, 3.8) is 0 Å². The van der Waals surface area contributed by atoms with Crippen LogP contribution in [0.15, 0.2) is 30.5 Å². The molecule has 0 radical (unpaired) electrons. The van der Waals surface area contributed by atoms with Crippen LogP contribution in [-0.2, 0) is 6.18 Å². The molecule has 3 rings (SSSR count). The zero-order valence-corrected chi connectivity index (χ0v) is 13.8. The summed E-state index contributed by atoms with van der Waals surface area (Å²) in [6.07, 6.45) is 4.10. The Balaban J connectivity index is 1.88. The average molecular weight is 350 g/mol. The molecular weight excluding hydrogens is 329 g/mol. The van der Waals surface area contributed by atoms with Gasteiger partial charge in [0.25, 0.3) is 0 Å². The van der Waals surface area contributed by atoms with Gasteiger partial charge in [0.1, 0.15) is 5.82 Å². The summed E-state index contributed by atoms with van der Waals surface area (Å²) in [5.41, 5.74) is 6.32. The molecule has 3 N–H and O–H groups in total. The molecule has 1 fully saturated rings. The van der Waals surface area contributed by atoms with E-state index in [0.717, 1.165) is 37.8 Å². The Morgan fingerprint density at radius 3 is 2.24 bits per heavy atom. The van der Waals surface area contributed by atoms with Crippen LogP contribution >= 0.6 is 0 Å². The molecule has 134 valence electrons. The van der Waals surface area contributed by atoms with Gasteiger partial charge in [0.2, 0.25) is 5.95 Å². The van der Waals surface area contributed by atoms with Gasteiger partial charge in [-0.3, -0.25) is 0 Å². The Bertz CT molecular complexity index is 705. The first-order chi connectivity index (χ1) is 11.9. The first-order valence-corrected chi connectivity index (χ1v) is 8.50. The fraction of sp³-hybridized carbons (Fsp3) is 0.444. The largest absolute Gasteiger partial charge is 0.416 e. The van der Waals surface area contributed by atoms with E-state index >= 15 is 0 Å². The zero-order chi connectivity index (χ0) is 17.9. The fourth-order valence-corrected chi connectivity index (χ4v) is 3.17. The molecule has 0 aliphatic heterocycles. The van der Waals surface area contributed by atoms with Crippen molar-refractivity contribution >= 4 is 11.8 Å². The molecule has 1 heterocycles. The Morgan fingerprint density at radius 1 is 1.00 bits per heavy atom. The van der Waals surface area contributed by atoms with E-state index < -0.39 is 11.7 Å². The van der Waals surface area contributed by atoms with Crippen LogP contribution in [0.3, 0.4) is 0 Å². The standard InChI is InChI=1S/C18H21F3N4/c19-18(20,21)13-9-7-12(8-10-13)15-11-23-17(22)25-16(15)24-14-5-3-1-2-4-6-14/h7-11,14H,1-6H2,(H3,22,23,24,25). The number of nitrogen functional groups attached to an aromatic ring is 1. The Hall–Kier alpha value is -2.31. The average Bonchev–Trinajstić information content (AvgIpc) is 2.83. The number of alkyl halides is 3. The van der Waals surface area contributed by atoms with Crippen molar-refractivity contribution in [2.75, 3.05) is 11.1 Å². The second-order valence-corrected chi connectivity index (χ2v) is 6.40. The predicted molar refractivity (Wildman–Crippen MR) is 92.0 cm³/mol. The van der Waals surface area contributed by atoms with Crippen LogP contribution in [-0.4, -0.2) is 16.0 Å². The van der Waals surface area contributed by atoms with Gasteiger partial charge in [-0.1, -0.05) is 37.8 Å². The topological polar surface area (TPSA) is 63.8 Å². The molecule has 1 saturated carbocycles. The van der Waals surface area contributed by atoms with Crippen molar-refractivity contribution in [3.05, 3.63) is 36.0 Å². The highest BCUT2D eigenvalue weighted by Crippen LogP contribution is 2.33. The highest BCUT2D eigenvalue weighted by atomic mass is 19.4. The maximum Gasteiger partial charge on any atom is 0.416 e. The number of halogens is 3. The molecule has 0 spiro atoms. The molecule has 1 aromatic heterocycles. The van der Waals surface area contributed by atoms with Gasteiger partial charge < -0.3 is 11.1 Å². The monoisotopic (exact) mass is 350 g/mol. The van der Waals surface area contributed by atoms with Crippen molar-refractivity contribution in [2.45, 2.75) is 50.7 Å². The van der Waals surface area contributed by atoms with Gasteiger partial charge in [0.15, 0.2) is 0 Å². The summed E-state index contributed by atoms with van der Waals surface area (Å²) in [5, 5.41) is 3.42. The second kappa shape index (κ2) is 7.29. The Kier molecular flexibility index (Phi) is 5.11. The lowest BCUT2D eigenvalue weighted by atomic mass is 10.0. The van der Waals surface area contributed by atoms with Crippen molar-refractivity contribution < 1.29 is 13.2 Å². The molecule has 0 atom stereocenters. The van der Waals surface area contributed by atoms with Gasteiger partial charge in [0.05, 0.1) is 5.56 Å². The highest BCUT2D eigenvalue weighted by molar-refractivity contribution is 5.75. The van der Waals surface area contributed by atoms with E-state index in [1.165, 1.54) is 25.0 Å². The summed E-state index contributed by atoms with van der Waals surface area (Å²) >= 11 is 0. The van der Waals surface area contributed by atoms with Crippen molar-refractivity contribution in [1.82, 2.24) is 9.97 Å². The van der Waals surface area contributed by atoms with E-state index in [1.54, 1.807) is 6.20 Å². The number of aromatic nitrogens is 2. The summed E-state index contributed by atoms with van der Waals surface area (Å²) < 4.78 is 38.2. The fourth-order valence-electron chi connectivity index (χ4n) is 3.17. The van der Waals surface area contributed by atoms with Crippen LogP contribution in [0.1, 0.15) is 44.1 Å². The third kappa shape index (κ3) is 4.41. The second-order valence-electron chi connectivity index (χ2n) is 6.40. The van der Waals surface area contributed by atoms with Gasteiger partial charge in [-0.2, -0.15) is 18.2 Å². The third-order valence-corrected chi connectivity index (χ3v) is 4.53. The van der Waals surface area contributed by atoms with Crippen molar-refractivity contribution in [2.24, 2.45) is 0 Å². The quantitative estimate of drug-likeness (QED) is 0.775. The molecule has 0 saturated heterocycles. The normalized spacial score (nSPS) is 16.4. The number of rotatable bonds is 3. The molecule has 1 aromatic carbocycles. The van der Waals surface area contributed by atoms with E-state index in [2.05, 4.69) is 15.3 Å². The summed E-state index contributed by atoms with van der Waals surface area (Å²) in [5.74, 6) is 0.728. The van der Waals surface area contributed by atoms with Crippen LogP contribution in [0, 0.1) is 0 Å². The number of anilines is 2. The van der Waals surface area contributed by atoms with Gasteiger partial charge in [-0.15, -0.1) is 0 Å². The summed E-state index contributed by atoms with van der Waals surface area (Å²) in [7, 11) is 0. The first kappa shape index (κ1) is 17.5. The van der Waals surface area contributed by atoms with Gasteiger partial charge >= 0.3 is 6.18 Å². The smallest absolute Gasteiger partial charge is 0.368 e. The zero-order valence-electron chi connectivity index (χ0n) is 13.8. The number of hydrogen-bond donors (Lipinski definition) is 2. The van der Waals surface area contributed by atoms with Gasteiger partial charge in [0, 0.05) is 17.8 Å². The number of benzene rings is 1. The van der Waals surface area contributed by atoms with E-state index in [9.17, 15) is 13.2 Å². The molecule has 0 unspecified atom stereocenters. The third-order valence-electron chi connectivity index (χ3n) is 4.53. The minimum Gasteiger partial charge on any atom is -0.368 e. The summed E-state index contributed by atoms with van der Waals surface area (Å²) in [6, 6.07) is 5.32. The summed E-state index contributed by atoms with van der Waals surface area (Å²) in [4.78, 5) is 8.28. The number of nitrogens with zero attached hydrogens (tertiary/aromatic N) is 2. The SMILES string of the molecule is Nc1ncc(-c2ccc(C(F)(F)F)cc2)c(NC2CCCCCC2)n1. The van der Waals surface area contributed by atoms with Gasteiger partial charge in [-0.05, 0) is 30.5 Å². The lowest BCUT2D eigenvalue weighted by Crippen LogP contribution is -2.20. The van der Waals surface area contributed by atoms with E-state index in [-0.39, 0.29) is 5.95 Å². The lowest BCUT2D eigenvalue weighted by Gasteiger charge is -2.19. The molecule has 1 aliphatic rings. The predicted octanol–water partition coefficient (Wildman–Crippen LogP) is 4.88. The molecule has 0 bridgehead atoms. The minimum absolute atomic E-state index is 0.145. The molecule has 7 heteroatoms. The van der Waals surface area contributed by atoms with Crippen LogP contribution in [0.4, 0.5) is 24.9 Å². The first-order valence-electron chi connectivity index (χ1n) is 8.50. The van der Waals surface area contributed by atoms with Gasteiger partial charge in [-0.25, -0.2) is 4.98 Å². The van der Waals surface area contributed by atoms with Crippen molar-refractivity contribution in [3.8, 4) is 11.1 Å². The molecule has 0 amide bonds. The van der Waals surface area contributed by atoms with Crippen LogP contribution in [0.25, 0.3) is 11.1 Å². The molecule has 1 aliphatic carbocycles. The molecular formula is C18H21F3N4. The van der Waals surface area contributed by atoms with E-state index in [4.69, 9.17) is 5.73 Å². The van der Waals surface area contributed by atoms with Crippen LogP contribution in [0.5, 0.6) is 0 Å². The highest BCUT2D eigenvalue weighted by Gasteiger charge is 2.30. The summed E-state index contributed by atoms with van der Waals surface area (Å²) in [6.45, 7) is 0. The number of nitrogens with two attached hydrogens (primary N) is 1.